The minimum atomic E-state index is -0.113. The molecule has 1 nitrogen and oxygen atoms in total. The van der Waals surface area contributed by atoms with Crippen molar-refractivity contribution in [3.63, 3.8) is 0 Å². The molecule has 1 aliphatic heterocycles. The lowest BCUT2D eigenvalue weighted by molar-refractivity contribution is -0.152. The van der Waals surface area contributed by atoms with E-state index in [1.165, 1.54) is 18.4 Å². The van der Waals surface area contributed by atoms with Crippen molar-refractivity contribution in [2.75, 3.05) is 0 Å². The Kier molecular flexibility index (Phi) is 4.37. The minimum absolute atomic E-state index is 0.0349. The summed E-state index contributed by atoms with van der Waals surface area (Å²) >= 11 is 0. The van der Waals surface area contributed by atoms with Crippen LogP contribution in [0.5, 0.6) is 0 Å². The van der Waals surface area contributed by atoms with E-state index < -0.39 is 0 Å². The predicted octanol–water partition coefficient (Wildman–Crippen LogP) is 4.64. The maximum Gasteiger partial charge on any atom is 0.0839 e. The highest BCUT2D eigenvalue weighted by Crippen LogP contribution is 2.38. The van der Waals surface area contributed by atoms with E-state index in [-0.39, 0.29) is 11.2 Å². The molecule has 1 rings (SSSR count). The van der Waals surface area contributed by atoms with Crippen molar-refractivity contribution in [3.05, 3.63) is 24.3 Å². The zero-order valence-corrected chi connectivity index (χ0v) is 11.3. The highest BCUT2D eigenvalue weighted by atomic mass is 16.5. The van der Waals surface area contributed by atoms with Crippen LogP contribution >= 0.6 is 0 Å². The van der Waals surface area contributed by atoms with E-state index in [4.69, 9.17) is 4.74 Å². The molecule has 1 heterocycles. The van der Waals surface area contributed by atoms with Crippen LogP contribution in [0.1, 0.15) is 59.8 Å². The average Bonchev–Trinajstić information content (AvgIpc) is 2.16. The summed E-state index contributed by atoms with van der Waals surface area (Å²) in [5, 5.41) is 0. The molecule has 0 saturated carbocycles. The van der Waals surface area contributed by atoms with Crippen LogP contribution < -0.4 is 0 Å². The van der Waals surface area contributed by atoms with E-state index in [0.29, 0.717) is 0 Å². The van der Waals surface area contributed by atoms with Gasteiger partial charge in [-0.2, -0.15) is 0 Å². The summed E-state index contributed by atoms with van der Waals surface area (Å²) in [4.78, 5) is 0. The Morgan fingerprint density at radius 3 is 2.56 bits per heavy atom. The number of hydrogen-bond donors (Lipinski definition) is 0. The van der Waals surface area contributed by atoms with Gasteiger partial charge >= 0.3 is 0 Å². The lowest BCUT2D eigenvalue weighted by Gasteiger charge is -2.44. The van der Waals surface area contributed by atoms with Gasteiger partial charge in [0.2, 0.25) is 0 Å². The summed E-state index contributed by atoms with van der Waals surface area (Å²) < 4.78 is 6.25. The van der Waals surface area contributed by atoms with Crippen molar-refractivity contribution in [2.45, 2.75) is 71.0 Å². The summed E-state index contributed by atoms with van der Waals surface area (Å²) in [6.45, 7) is 12.6. The first kappa shape index (κ1) is 13.5. The van der Waals surface area contributed by atoms with Gasteiger partial charge in [0.05, 0.1) is 11.2 Å². The van der Waals surface area contributed by atoms with Crippen molar-refractivity contribution in [1.82, 2.24) is 0 Å². The molecule has 16 heavy (non-hydrogen) atoms. The second-order valence-electron chi connectivity index (χ2n) is 5.74. The molecular weight excluding hydrogens is 196 g/mol. The van der Waals surface area contributed by atoms with Gasteiger partial charge in [-0.05, 0) is 59.8 Å². The number of rotatable bonds is 4. The molecule has 2 atom stereocenters. The first-order valence-electron chi connectivity index (χ1n) is 6.36. The van der Waals surface area contributed by atoms with Crippen LogP contribution in [0.2, 0.25) is 0 Å². The summed E-state index contributed by atoms with van der Waals surface area (Å²) in [6, 6.07) is 0. The van der Waals surface area contributed by atoms with E-state index in [0.717, 1.165) is 19.3 Å². The monoisotopic (exact) mass is 222 g/mol. The van der Waals surface area contributed by atoms with Crippen molar-refractivity contribution >= 4 is 0 Å². The molecule has 0 amide bonds. The highest BCUT2D eigenvalue weighted by molar-refractivity contribution is 5.01. The largest absolute Gasteiger partial charge is 0.365 e. The quantitative estimate of drug-likeness (QED) is 0.630. The van der Waals surface area contributed by atoms with Gasteiger partial charge in [-0.25, -0.2) is 0 Å². The smallest absolute Gasteiger partial charge is 0.0839 e. The molecule has 1 aliphatic rings. The van der Waals surface area contributed by atoms with Gasteiger partial charge in [-0.15, -0.1) is 6.58 Å². The van der Waals surface area contributed by atoms with E-state index in [2.05, 4.69) is 40.3 Å². The third-order valence-corrected chi connectivity index (χ3v) is 3.52. The summed E-state index contributed by atoms with van der Waals surface area (Å²) in [7, 11) is 0. The lowest BCUT2D eigenvalue weighted by Crippen LogP contribution is -2.43. The third kappa shape index (κ3) is 3.79. The molecule has 0 spiro atoms. The molecule has 0 radical (unpaired) electrons. The van der Waals surface area contributed by atoms with Crippen LogP contribution in [0.4, 0.5) is 0 Å². The lowest BCUT2D eigenvalue weighted by atomic mass is 9.84. The minimum Gasteiger partial charge on any atom is -0.365 e. The zero-order valence-electron chi connectivity index (χ0n) is 11.3. The Hall–Kier alpha value is -0.560. The van der Waals surface area contributed by atoms with Crippen molar-refractivity contribution in [3.8, 4) is 0 Å². The summed E-state index contributed by atoms with van der Waals surface area (Å²) in [5.41, 5.74) is 1.32. The molecule has 1 fully saturated rings. The SMILES string of the molecule is C=CC1(C)CCCC(C)(CCC=C(C)C)O1. The normalized spacial score (nSPS) is 34.5. The Balaban J connectivity index is 2.56. The molecule has 0 bridgehead atoms. The highest BCUT2D eigenvalue weighted by Gasteiger charge is 2.37. The molecule has 0 aliphatic carbocycles. The number of hydrogen-bond acceptors (Lipinski definition) is 1. The molecule has 1 saturated heterocycles. The standard InChI is InChI=1S/C15H26O/c1-6-14(4)11-8-12-15(5,16-14)10-7-9-13(2)3/h6,9H,1,7-8,10-12H2,2-5H3. The van der Waals surface area contributed by atoms with Gasteiger partial charge in [-0.1, -0.05) is 17.7 Å². The number of allylic oxidation sites excluding steroid dienone is 2. The molecule has 2 unspecified atom stereocenters. The average molecular weight is 222 g/mol. The van der Waals surface area contributed by atoms with Crippen LogP contribution in [0.25, 0.3) is 0 Å². The first-order chi connectivity index (χ1) is 7.39. The number of ether oxygens (including phenoxy) is 1. The van der Waals surface area contributed by atoms with Gasteiger partial charge in [0, 0.05) is 0 Å². The van der Waals surface area contributed by atoms with Crippen LogP contribution in [0.15, 0.2) is 24.3 Å². The Labute approximate surface area is 101 Å². The fraction of sp³-hybridized carbons (Fsp3) is 0.733. The Bertz CT molecular complexity index is 275. The van der Waals surface area contributed by atoms with Crippen molar-refractivity contribution in [1.29, 1.82) is 0 Å². The second-order valence-corrected chi connectivity index (χ2v) is 5.74. The zero-order chi connectivity index (χ0) is 12.2. The van der Waals surface area contributed by atoms with E-state index in [1.807, 2.05) is 6.08 Å². The predicted molar refractivity (Wildman–Crippen MR) is 70.6 cm³/mol. The second kappa shape index (κ2) is 5.18. The molecule has 0 N–H and O–H groups in total. The van der Waals surface area contributed by atoms with Crippen LogP contribution in [0.3, 0.4) is 0 Å². The Morgan fingerprint density at radius 1 is 1.31 bits per heavy atom. The molecular formula is C15H26O. The Morgan fingerprint density at radius 2 is 2.00 bits per heavy atom. The molecule has 0 aromatic rings. The summed E-state index contributed by atoms with van der Waals surface area (Å²) in [5.74, 6) is 0. The van der Waals surface area contributed by atoms with Crippen LogP contribution in [-0.4, -0.2) is 11.2 Å². The van der Waals surface area contributed by atoms with Gasteiger partial charge in [0.25, 0.3) is 0 Å². The fourth-order valence-electron chi connectivity index (χ4n) is 2.46. The van der Waals surface area contributed by atoms with E-state index >= 15 is 0 Å². The topological polar surface area (TPSA) is 9.23 Å². The first-order valence-corrected chi connectivity index (χ1v) is 6.36. The molecule has 1 heteroatoms. The van der Waals surface area contributed by atoms with Gasteiger partial charge in [0.1, 0.15) is 0 Å². The summed E-state index contributed by atoms with van der Waals surface area (Å²) in [6.07, 6.45) is 10.0. The fourth-order valence-corrected chi connectivity index (χ4v) is 2.46. The van der Waals surface area contributed by atoms with Crippen LogP contribution in [-0.2, 0) is 4.74 Å². The van der Waals surface area contributed by atoms with E-state index in [1.54, 1.807) is 0 Å². The third-order valence-electron chi connectivity index (χ3n) is 3.52. The van der Waals surface area contributed by atoms with E-state index in [9.17, 15) is 0 Å². The van der Waals surface area contributed by atoms with Crippen molar-refractivity contribution < 1.29 is 4.74 Å². The van der Waals surface area contributed by atoms with Gasteiger partial charge < -0.3 is 4.74 Å². The maximum atomic E-state index is 6.25. The maximum absolute atomic E-state index is 6.25. The molecule has 0 aromatic heterocycles. The molecule has 92 valence electrons. The van der Waals surface area contributed by atoms with Crippen molar-refractivity contribution in [2.24, 2.45) is 0 Å². The van der Waals surface area contributed by atoms with Gasteiger partial charge in [0.15, 0.2) is 0 Å². The van der Waals surface area contributed by atoms with Crippen LogP contribution in [0, 0.1) is 0 Å². The van der Waals surface area contributed by atoms with Gasteiger partial charge in [-0.3, -0.25) is 0 Å². The molecule has 0 aromatic carbocycles.